The maximum atomic E-state index is 9.20. The molecule has 0 heterocycles. The highest BCUT2D eigenvalue weighted by Crippen LogP contribution is 2.12. The Morgan fingerprint density at radius 2 is 1.30 bits per heavy atom. The van der Waals surface area contributed by atoms with E-state index in [1.165, 1.54) is 0 Å². The van der Waals surface area contributed by atoms with Gasteiger partial charge in [0.25, 0.3) is 0 Å². The minimum absolute atomic E-state index is 0.509. The first-order valence-electron chi connectivity index (χ1n) is 3.82. The molecule has 0 aromatic heterocycles. The van der Waals surface area contributed by atoms with Crippen LogP contribution in [0.25, 0.3) is 0 Å². The number of allylic oxidation sites excluding steroid dienone is 2. The van der Waals surface area contributed by atoms with E-state index >= 15 is 0 Å². The molecule has 2 N–H and O–H groups in total. The lowest BCUT2D eigenvalue weighted by molar-refractivity contribution is 0.0101. The molecule has 1 aliphatic rings. The van der Waals surface area contributed by atoms with Crippen LogP contribution in [0, 0.1) is 0 Å². The number of rotatable bonds is 0. The molecule has 0 radical (unpaired) electrons. The van der Waals surface area contributed by atoms with Gasteiger partial charge in [-0.2, -0.15) is 0 Å². The van der Waals surface area contributed by atoms with Crippen LogP contribution in [0.3, 0.4) is 0 Å². The highest BCUT2D eigenvalue weighted by Gasteiger charge is 2.15. The zero-order valence-corrected chi connectivity index (χ0v) is 6.03. The normalized spacial score (nSPS) is 38.2. The van der Waals surface area contributed by atoms with Crippen molar-refractivity contribution in [3.63, 3.8) is 0 Å². The lowest BCUT2D eigenvalue weighted by atomic mass is 10.0. The van der Waals surface area contributed by atoms with Gasteiger partial charge in [-0.05, 0) is 25.7 Å². The Bertz CT molecular complexity index is 106. The summed E-state index contributed by atoms with van der Waals surface area (Å²) in [7, 11) is 0. The third-order valence-corrected chi connectivity index (χ3v) is 1.87. The molecule has 2 heteroatoms. The monoisotopic (exact) mass is 142 g/mol. The van der Waals surface area contributed by atoms with E-state index in [0.29, 0.717) is 12.8 Å². The fraction of sp³-hybridized carbons (Fsp3) is 0.750. The zero-order chi connectivity index (χ0) is 7.40. The molecule has 0 saturated carbocycles. The lowest BCUT2D eigenvalue weighted by Gasteiger charge is -2.17. The van der Waals surface area contributed by atoms with Crippen molar-refractivity contribution in [3.05, 3.63) is 12.2 Å². The van der Waals surface area contributed by atoms with Crippen LogP contribution in [-0.2, 0) is 0 Å². The first kappa shape index (κ1) is 7.76. The average Bonchev–Trinajstić information content (AvgIpc) is 1.92. The molecule has 10 heavy (non-hydrogen) atoms. The number of hydrogen-bond acceptors (Lipinski definition) is 2. The third-order valence-electron chi connectivity index (χ3n) is 1.87. The standard InChI is InChI=1S/C8H14O2/c9-7-5-3-1-2-4-6-8(7)10/h1-2,7-10H,3-6H2/b2-1+/t7-,8-/m1/s1. The summed E-state index contributed by atoms with van der Waals surface area (Å²) >= 11 is 0. The first-order chi connectivity index (χ1) is 4.80. The van der Waals surface area contributed by atoms with E-state index in [0.717, 1.165) is 12.8 Å². The van der Waals surface area contributed by atoms with Crippen LogP contribution in [0.1, 0.15) is 25.7 Å². The maximum absolute atomic E-state index is 9.20. The van der Waals surface area contributed by atoms with Crippen LogP contribution in [0.5, 0.6) is 0 Å². The van der Waals surface area contributed by atoms with Crippen LogP contribution >= 0.6 is 0 Å². The summed E-state index contributed by atoms with van der Waals surface area (Å²) in [6.07, 6.45) is 6.27. The second kappa shape index (κ2) is 3.74. The summed E-state index contributed by atoms with van der Waals surface area (Å²) in [4.78, 5) is 0. The number of aliphatic hydroxyl groups excluding tert-OH is 2. The van der Waals surface area contributed by atoms with Crippen molar-refractivity contribution in [1.29, 1.82) is 0 Å². The van der Waals surface area contributed by atoms with Crippen molar-refractivity contribution in [2.24, 2.45) is 0 Å². The number of aliphatic hydroxyl groups is 2. The molecule has 1 rings (SSSR count). The quantitative estimate of drug-likeness (QED) is 0.492. The molecule has 58 valence electrons. The summed E-state index contributed by atoms with van der Waals surface area (Å²) in [5, 5.41) is 18.4. The topological polar surface area (TPSA) is 40.5 Å². The molecule has 0 aliphatic heterocycles. The first-order valence-corrected chi connectivity index (χ1v) is 3.82. The van der Waals surface area contributed by atoms with Gasteiger partial charge in [0.2, 0.25) is 0 Å². The largest absolute Gasteiger partial charge is 0.390 e. The highest BCUT2D eigenvalue weighted by molar-refractivity contribution is 4.87. The van der Waals surface area contributed by atoms with Crippen molar-refractivity contribution < 1.29 is 10.2 Å². The molecule has 2 atom stereocenters. The Balaban J connectivity index is 2.40. The molecule has 2 nitrogen and oxygen atoms in total. The fourth-order valence-electron chi connectivity index (χ4n) is 1.15. The average molecular weight is 142 g/mol. The van der Waals surface area contributed by atoms with Gasteiger partial charge in [-0.15, -0.1) is 0 Å². The van der Waals surface area contributed by atoms with Crippen LogP contribution in [0.2, 0.25) is 0 Å². The van der Waals surface area contributed by atoms with Gasteiger partial charge in [0.05, 0.1) is 12.2 Å². The van der Waals surface area contributed by atoms with Gasteiger partial charge in [0.15, 0.2) is 0 Å². The predicted octanol–water partition coefficient (Wildman–Crippen LogP) is 0.838. The zero-order valence-electron chi connectivity index (χ0n) is 6.03. The molecule has 0 spiro atoms. The van der Waals surface area contributed by atoms with Crippen LogP contribution in [0.15, 0.2) is 12.2 Å². The van der Waals surface area contributed by atoms with Crippen molar-refractivity contribution in [3.8, 4) is 0 Å². The second-order valence-corrected chi connectivity index (χ2v) is 2.76. The molecular weight excluding hydrogens is 128 g/mol. The van der Waals surface area contributed by atoms with E-state index in [-0.39, 0.29) is 0 Å². The Kier molecular flexibility index (Phi) is 2.90. The minimum Gasteiger partial charge on any atom is -0.390 e. The third kappa shape index (κ3) is 2.12. The summed E-state index contributed by atoms with van der Waals surface area (Å²) in [5.41, 5.74) is 0. The predicted molar refractivity (Wildman–Crippen MR) is 39.6 cm³/mol. The maximum Gasteiger partial charge on any atom is 0.0802 e. The van der Waals surface area contributed by atoms with Crippen molar-refractivity contribution >= 4 is 0 Å². The van der Waals surface area contributed by atoms with E-state index < -0.39 is 12.2 Å². The SMILES string of the molecule is O[C@@H]1CC/C=C/CC[C@H]1O. The summed E-state index contributed by atoms with van der Waals surface area (Å²) in [6, 6.07) is 0. The van der Waals surface area contributed by atoms with Crippen molar-refractivity contribution in [2.75, 3.05) is 0 Å². The fourth-order valence-corrected chi connectivity index (χ4v) is 1.15. The summed E-state index contributed by atoms with van der Waals surface area (Å²) in [5.74, 6) is 0. The van der Waals surface area contributed by atoms with Gasteiger partial charge in [-0.3, -0.25) is 0 Å². The van der Waals surface area contributed by atoms with Gasteiger partial charge in [0.1, 0.15) is 0 Å². The molecule has 0 amide bonds. The Morgan fingerprint density at radius 1 is 0.900 bits per heavy atom. The van der Waals surface area contributed by atoms with Crippen molar-refractivity contribution in [2.45, 2.75) is 37.9 Å². The molecule has 0 unspecified atom stereocenters. The van der Waals surface area contributed by atoms with Gasteiger partial charge in [-0.1, -0.05) is 12.2 Å². The highest BCUT2D eigenvalue weighted by atomic mass is 16.3. The van der Waals surface area contributed by atoms with E-state index in [1.807, 2.05) is 0 Å². The van der Waals surface area contributed by atoms with Crippen LogP contribution in [-0.4, -0.2) is 22.4 Å². The van der Waals surface area contributed by atoms with Crippen LogP contribution < -0.4 is 0 Å². The molecule has 0 aromatic rings. The Hall–Kier alpha value is -0.340. The molecule has 0 aromatic carbocycles. The van der Waals surface area contributed by atoms with E-state index in [2.05, 4.69) is 12.2 Å². The van der Waals surface area contributed by atoms with E-state index in [9.17, 15) is 10.2 Å². The lowest BCUT2D eigenvalue weighted by Crippen LogP contribution is -2.25. The van der Waals surface area contributed by atoms with E-state index in [1.54, 1.807) is 0 Å². The minimum atomic E-state index is -0.509. The smallest absolute Gasteiger partial charge is 0.0802 e. The van der Waals surface area contributed by atoms with Crippen LogP contribution in [0.4, 0.5) is 0 Å². The van der Waals surface area contributed by atoms with Gasteiger partial charge >= 0.3 is 0 Å². The van der Waals surface area contributed by atoms with E-state index in [4.69, 9.17) is 0 Å². The van der Waals surface area contributed by atoms with Gasteiger partial charge in [0, 0.05) is 0 Å². The molecular formula is C8H14O2. The molecule has 0 bridgehead atoms. The molecule has 1 aliphatic carbocycles. The summed E-state index contributed by atoms with van der Waals surface area (Å²) < 4.78 is 0. The summed E-state index contributed by atoms with van der Waals surface area (Å²) in [6.45, 7) is 0. The molecule has 0 saturated heterocycles. The Morgan fingerprint density at radius 3 is 1.70 bits per heavy atom. The second-order valence-electron chi connectivity index (χ2n) is 2.76. The molecule has 0 fully saturated rings. The van der Waals surface area contributed by atoms with Crippen molar-refractivity contribution in [1.82, 2.24) is 0 Å². The Labute approximate surface area is 61.2 Å². The van der Waals surface area contributed by atoms with Gasteiger partial charge in [-0.25, -0.2) is 0 Å². The van der Waals surface area contributed by atoms with Gasteiger partial charge < -0.3 is 10.2 Å². The number of hydrogen-bond donors (Lipinski definition) is 2.